The van der Waals surface area contributed by atoms with Crippen LogP contribution in [0.1, 0.15) is 17.4 Å². The van der Waals surface area contributed by atoms with E-state index < -0.39 is 0 Å². The first-order valence-electron chi connectivity index (χ1n) is 11.1. The largest absolute Gasteiger partial charge is 0.399 e. The van der Waals surface area contributed by atoms with Gasteiger partial charge in [-0.1, -0.05) is 65.7 Å². The fourth-order valence-electron chi connectivity index (χ4n) is 4.11. The van der Waals surface area contributed by atoms with Gasteiger partial charge in [-0.3, -0.25) is 4.79 Å². The lowest BCUT2D eigenvalue weighted by atomic mass is 10.0. The van der Waals surface area contributed by atoms with Crippen LogP contribution in [0.2, 0.25) is 10.0 Å². The third-order valence-corrected chi connectivity index (χ3v) is 6.49. The first-order chi connectivity index (χ1) is 17.0. The number of anilines is 1. The number of hydrogen-bond donors (Lipinski definition) is 2. The molecular formula is C28H22Cl2N4O. The Bertz CT molecular complexity index is 1530. The van der Waals surface area contributed by atoms with Gasteiger partial charge in [0, 0.05) is 40.0 Å². The number of H-pyrrole nitrogens is 1. The number of aromatic amines is 1. The van der Waals surface area contributed by atoms with Crippen LogP contribution in [0.4, 0.5) is 5.69 Å². The molecule has 35 heavy (non-hydrogen) atoms. The Hall–Kier alpha value is -3.80. The van der Waals surface area contributed by atoms with E-state index in [9.17, 15) is 4.79 Å². The van der Waals surface area contributed by atoms with Crippen molar-refractivity contribution in [1.29, 1.82) is 0 Å². The molecule has 3 N–H and O–H groups in total. The molecule has 0 radical (unpaired) electrons. The number of rotatable bonds is 6. The van der Waals surface area contributed by atoms with Crippen molar-refractivity contribution in [3.05, 3.63) is 129 Å². The highest BCUT2D eigenvalue weighted by molar-refractivity contribution is 6.35. The molecule has 2 heterocycles. The first kappa shape index (κ1) is 23.0. The molecule has 0 saturated heterocycles. The van der Waals surface area contributed by atoms with Gasteiger partial charge in [-0.15, -0.1) is 0 Å². The summed E-state index contributed by atoms with van der Waals surface area (Å²) >= 11 is 12.5. The van der Waals surface area contributed by atoms with Gasteiger partial charge in [0.15, 0.2) is 0 Å². The van der Waals surface area contributed by atoms with E-state index >= 15 is 0 Å². The quantitative estimate of drug-likeness (QED) is 0.257. The number of nitrogens with one attached hydrogen (secondary N) is 1. The molecule has 5 nitrogen and oxygen atoms in total. The number of hydrogen-bond acceptors (Lipinski definition) is 3. The van der Waals surface area contributed by atoms with Crippen molar-refractivity contribution < 1.29 is 0 Å². The Morgan fingerprint density at radius 3 is 2.43 bits per heavy atom. The Morgan fingerprint density at radius 2 is 1.69 bits per heavy atom. The Kier molecular flexibility index (Phi) is 6.45. The predicted molar refractivity (Wildman–Crippen MR) is 143 cm³/mol. The molecule has 0 saturated carbocycles. The van der Waals surface area contributed by atoms with Crippen LogP contribution in [0.3, 0.4) is 0 Å². The topological polar surface area (TPSA) is 76.7 Å². The second kappa shape index (κ2) is 9.82. The maximum absolute atomic E-state index is 13.4. The fourth-order valence-corrected chi connectivity index (χ4v) is 4.51. The number of nitrogens with zero attached hydrogens (tertiary/aromatic N) is 2. The third-order valence-electron chi connectivity index (χ3n) is 5.93. The van der Waals surface area contributed by atoms with Gasteiger partial charge in [0.1, 0.15) is 5.82 Å². The average molecular weight is 501 g/mol. The van der Waals surface area contributed by atoms with Crippen molar-refractivity contribution in [2.75, 3.05) is 5.73 Å². The van der Waals surface area contributed by atoms with Crippen molar-refractivity contribution in [2.45, 2.75) is 12.5 Å². The van der Waals surface area contributed by atoms with Gasteiger partial charge in [0.25, 0.3) is 5.56 Å². The smallest absolute Gasteiger partial charge is 0.251 e. The Balaban J connectivity index is 1.56. The van der Waals surface area contributed by atoms with E-state index in [-0.39, 0.29) is 11.6 Å². The van der Waals surface area contributed by atoms with Crippen LogP contribution >= 0.6 is 23.2 Å². The molecule has 1 atom stereocenters. The minimum Gasteiger partial charge on any atom is -0.399 e. The van der Waals surface area contributed by atoms with Crippen molar-refractivity contribution in [2.24, 2.45) is 0 Å². The lowest BCUT2D eigenvalue weighted by Crippen LogP contribution is -2.27. The summed E-state index contributed by atoms with van der Waals surface area (Å²) in [6.45, 7) is 0. The van der Waals surface area contributed by atoms with Crippen molar-refractivity contribution in [1.82, 2.24) is 14.5 Å². The van der Waals surface area contributed by atoms with E-state index in [2.05, 4.69) is 9.97 Å². The summed E-state index contributed by atoms with van der Waals surface area (Å²) in [5.74, 6) is 0.691. The highest BCUT2D eigenvalue weighted by Gasteiger charge is 2.20. The van der Waals surface area contributed by atoms with E-state index in [1.54, 1.807) is 41.2 Å². The van der Waals surface area contributed by atoms with E-state index in [4.69, 9.17) is 28.9 Å². The predicted octanol–water partition coefficient (Wildman–Crippen LogP) is 6.63. The summed E-state index contributed by atoms with van der Waals surface area (Å²) < 4.78 is 1.69. The standard InChI is InChI=1S/C28H22Cl2N4O/c29-21-8-11-24(30)23(16-21)20-12-13-34(27(35)15-20)26(14-18-4-2-1-3-5-18)28-32-17-25(33-28)19-6-9-22(31)10-7-19/h1-13,15-17,26H,14,31H2,(H,32,33). The molecule has 174 valence electrons. The van der Waals surface area contributed by atoms with Gasteiger partial charge in [0.05, 0.1) is 17.9 Å². The van der Waals surface area contributed by atoms with Crippen LogP contribution in [0.5, 0.6) is 0 Å². The summed E-state index contributed by atoms with van der Waals surface area (Å²) in [6.07, 6.45) is 4.16. The molecule has 7 heteroatoms. The van der Waals surface area contributed by atoms with Gasteiger partial charge in [0.2, 0.25) is 0 Å². The van der Waals surface area contributed by atoms with E-state index in [0.29, 0.717) is 39.1 Å². The second-order valence-corrected chi connectivity index (χ2v) is 9.14. The number of imidazole rings is 1. The molecule has 0 aliphatic carbocycles. The van der Waals surface area contributed by atoms with Crippen LogP contribution in [0.25, 0.3) is 22.4 Å². The van der Waals surface area contributed by atoms with Gasteiger partial charge < -0.3 is 15.3 Å². The van der Waals surface area contributed by atoms with Crippen LogP contribution < -0.4 is 11.3 Å². The van der Waals surface area contributed by atoms with E-state index in [0.717, 1.165) is 16.8 Å². The van der Waals surface area contributed by atoms with Crippen molar-refractivity contribution in [3.8, 4) is 22.4 Å². The molecule has 0 spiro atoms. The molecule has 2 aromatic heterocycles. The van der Waals surface area contributed by atoms with Crippen molar-refractivity contribution in [3.63, 3.8) is 0 Å². The number of halogens is 2. The minimum atomic E-state index is -0.337. The molecule has 0 fully saturated rings. The first-order valence-corrected chi connectivity index (χ1v) is 11.9. The van der Waals surface area contributed by atoms with Crippen LogP contribution in [-0.4, -0.2) is 14.5 Å². The zero-order valence-electron chi connectivity index (χ0n) is 18.7. The lowest BCUT2D eigenvalue weighted by Gasteiger charge is -2.19. The summed E-state index contributed by atoms with van der Waals surface area (Å²) in [7, 11) is 0. The zero-order valence-corrected chi connectivity index (χ0v) is 20.2. The number of nitrogen functional groups attached to an aromatic ring is 1. The van der Waals surface area contributed by atoms with E-state index in [1.807, 2.05) is 60.7 Å². The normalized spacial score (nSPS) is 11.9. The van der Waals surface area contributed by atoms with Gasteiger partial charge in [-0.25, -0.2) is 4.98 Å². The number of benzene rings is 3. The summed E-state index contributed by atoms with van der Waals surface area (Å²) in [5, 5.41) is 1.09. The summed E-state index contributed by atoms with van der Waals surface area (Å²) in [6, 6.07) is 25.9. The molecule has 0 bridgehead atoms. The Morgan fingerprint density at radius 1 is 0.914 bits per heavy atom. The number of pyridine rings is 1. The lowest BCUT2D eigenvalue weighted by molar-refractivity contribution is 0.537. The second-order valence-electron chi connectivity index (χ2n) is 8.29. The number of nitrogens with two attached hydrogens (primary N) is 1. The van der Waals surface area contributed by atoms with Crippen LogP contribution in [0, 0.1) is 0 Å². The van der Waals surface area contributed by atoms with Gasteiger partial charge in [-0.05, 0) is 53.1 Å². The average Bonchev–Trinajstić information content (AvgIpc) is 3.35. The van der Waals surface area contributed by atoms with Crippen molar-refractivity contribution >= 4 is 28.9 Å². The molecule has 5 rings (SSSR count). The molecule has 0 aliphatic rings. The highest BCUT2D eigenvalue weighted by Crippen LogP contribution is 2.30. The molecule has 0 amide bonds. The third kappa shape index (κ3) is 5.02. The number of aromatic nitrogens is 3. The zero-order chi connectivity index (χ0) is 24.4. The molecule has 1 unspecified atom stereocenters. The van der Waals surface area contributed by atoms with Gasteiger partial charge in [-0.2, -0.15) is 0 Å². The maximum atomic E-state index is 13.4. The highest BCUT2D eigenvalue weighted by atomic mass is 35.5. The molecule has 3 aromatic carbocycles. The summed E-state index contributed by atoms with van der Waals surface area (Å²) in [5.41, 5.74) is 10.7. The SMILES string of the molecule is Nc1ccc(-c2cnc(C(Cc3ccccc3)n3ccc(-c4cc(Cl)ccc4Cl)cc3=O)[nH]2)cc1. The minimum absolute atomic E-state index is 0.162. The molecule has 5 aromatic rings. The Labute approximate surface area is 212 Å². The fraction of sp³-hybridized carbons (Fsp3) is 0.0714. The van der Waals surface area contributed by atoms with E-state index in [1.165, 1.54) is 0 Å². The van der Waals surface area contributed by atoms with Crippen LogP contribution in [-0.2, 0) is 6.42 Å². The van der Waals surface area contributed by atoms with Gasteiger partial charge >= 0.3 is 0 Å². The maximum Gasteiger partial charge on any atom is 0.251 e. The van der Waals surface area contributed by atoms with Crippen LogP contribution in [0.15, 0.2) is 102 Å². The molecular weight excluding hydrogens is 479 g/mol. The summed E-state index contributed by atoms with van der Waals surface area (Å²) in [4.78, 5) is 21.4. The molecule has 0 aliphatic heterocycles. The monoisotopic (exact) mass is 500 g/mol.